The Bertz CT molecular complexity index is 2230. The standard InChI is InChI=1S/C45H50N4O.Pt/c1-10-31-19-20-46-42(23-31)48-40-16-14-13-15-38(40)39-18-17-36(27-41(39)48)50-37-25-34(45(7,8)9)24-35(26-37)49-30(6)43(29(5)47-49)44-32(11-2)21-28(4)22-33(44)12-3;/h13-21,23-25,28,33,44H,10-12,22H2,1-9H3;/q-2;+2/t28-,33-,44?;/m0./s1. The number of aromatic nitrogens is 4. The maximum absolute atomic E-state index is 6.70. The number of hydrogen-bond acceptors (Lipinski definition) is 3. The molecule has 1 aliphatic rings. The molecular formula is C45H50N4OPt. The summed E-state index contributed by atoms with van der Waals surface area (Å²) in [7, 11) is 0. The van der Waals surface area contributed by atoms with Crippen LogP contribution in [0.25, 0.3) is 33.3 Å². The van der Waals surface area contributed by atoms with Crippen LogP contribution in [0.5, 0.6) is 11.5 Å². The monoisotopic (exact) mass is 857 g/mol. The molecule has 0 amide bonds. The fraction of sp³-hybridized carbons (Fsp3) is 0.378. The van der Waals surface area contributed by atoms with Gasteiger partial charge in [0.1, 0.15) is 5.82 Å². The molecule has 0 saturated heterocycles. The zero-order valence-corrected chi connectivity index (χ0v) is 33.8. The van der Waals surface area contributed by atoms with Gasteiger partial charge < -0.3 is 9.30 Å². The molecule has 266 valence electrons. The normalized spacial score (nSPS) is 17.8. The van der Waals surface area contributed by atoms with E-state index >= 15 is 0 Å². The van der Waals surface area contributed by atoms with Crippen LogP contribution >= 0.6 is 0 Å². The van der Waals surface area contributed by atoms with Gasteiger partial charge >= 0.3 is 21.1 Å². The first-order chi connectivity index (χ1) is 24.0. The summed E-state index contributed by atoms with van der Waals surface area (Å²) in [5.74, 6) is 3.80. The smallest absolute Gasteiger partial charge is 0.509 e. The van der Waals surface area contributed by atoms with Crippen molar-refractivity contribution in [2.75, 3.05) is 0 Å². The van der Waals surface area contributed by atoms with Gasteiger partial charge in [-0.05, 0) is 85.2 Å². The number of benzene rings is 3. The van der Waals surface area contributed by atoms with Crippen LogP contribution in [0.15, 0.2) is 78.5 Å². The van der Waals surface area contributed by atoms with Crippen LogP contribution in [0.2, 0.25) is 0 Å². The van der Waals surface area contributed by atoms with Crippen LogP contribution in [-0.4, -0.2) is 19.3 Å². The number of para-hydroxylation sites is 1. The maximum Gasteiger partial charge on any atom is 2.00 e. The molecule has 0 saturated carbocycles. The maximum atomic E-state index is 6.70. The Morgan fingerprint density at radius 1 is 0.902 bits per heavy atom. The second-order valence-corrected chi connectivity index (χ2v) is 15.2. The zero-order valence-electron chi connectivity index (χ0n) is 31.5. The largest absolute Gasteiger partial charge is 2.00 e. The summed E-state index contributed by atoms with van der Waals surface area (Å²) in [6.45, 7) is 20.3. The number of fused-ring (bicyclic) bond motifs is 3. The van der Waals surface area contributed by atoms with Crippen molar-refractivity contribution < 1.29 is 25.8 Å². The quantitative estimate of drug-likeness (QED) is 0.113. The fourth-order valence-corrected chi connectivity index (χ4v) is 8.18. The summed E-state index contributed by atoms with van der Waals surface area (Å²) in [4.78, 5) is 4.79. The molecule has 51 heavy (non-hydrogen) atoms. The molecule has 0 fully saturated rings. The van der Waals surface area contributed by atoms with E-state index in [0.717, 1.165) is 57.4 Å². The van der Waals surface area contributed by atoms with Gasteiger partial charge in [0, 0.05) is 40.4 Å². The Morgan fingerprint density at radius 2 is 1.69 bits per heavy atom. The molecule has 7 rings (SSSR count). The van der Waals surface area contributed by atoms with E-state index in [1.165, 1.54) is 29.7 Å². The van der Waals surface area contributed by atoms with Crippen molar-refractivity contribution in [3.05, 3.63) is 119 Å². The van der Waals surface area contributed by atoms with Gasteiger partial charge in [-0.25, -0.2) is 4.98 Å². The number of hydrogen-bond donors (Lipinski definition) is 0. The average molecular weight is 858 g/mol. The van der Waals surface area contributed by atoms with Gasteiger partial charge in [-0.2, -0.15) is 11.2 Å². The van der Waals surface area contributed by atoms with Gasteiger partial charge in [0.15, 0.2) is 0 Å². The van der Waals surface area contributed by atoms with Crippen LogP contribution in [0.4, 0.5) is 0 Å². The van der Waals surface area contributed by atoms with Gasteiger partial charge in [0.25, 0.3) is 0 Å². The molecule has 0 bridgehead atoms. The zero-order chi connectivity index (χ0) is 35.3. The average Bonchev–Trinajstić information content (AvgIpc) is 3.59. The van der Waals surface area contributed by atoms with Crippen molar-refractivity contribution in [1.82, 2.24) is 19.3 Å². The van der Waals surface area contributed by atoms with Gasteiger partial charge in [0.05, 0.1) is 5.69 Å². The summed E-state index contributed by atoms with van der Waals surface area (Å²) in [5.41, 5.74) is 10.4. The minimum absolute atomic E-state index is 0. The minimum Gasteiger partial charge on any atom is -0.509 e. The van der Waals surface area contributed by atoms with Crippen molar-refractivity contribution in [3.63, 3.8) is 0 Å². The van der Waals surface area contributed by atoms with E-state index in [-0.39, 0.29) is 26.5 Å². The summed E-state index contributed by atoms with van der Waals surface area (Å²) in [6, 6.07) is 28.5. The molecule has 6 heteroatoms. The molecule has 3 aromatic carbocycles. The van der Waals surface area contributed by atoms with Gasteiger partial charge in [-0.3, -0.25) is 4.68 Å². The number of pyridine rings is 1. The second kappa shape index (κ2) is 14.6. The summed E-state index contributed by atoms with van der Waals surface area (Å²) < 4.78 is 11.0. The Morgan fingerprint density at radius 3 is 2.41 bits per heavy atom. The van der Waals surface area contributed by atoms with Crippen LogP contribution in [0, 0.1) is 37.8 Å². The van der Waals surface area contributed by atoms with E-state index < -0.39 is 0 Å². The molecule has 1 aliphatic carbocycles. The number of rotatable bonds is 8. The van der Waals surface area contributed by atoms with Crippen LogP contribution in [0.3, 0.4) is 0 Å². The van der Waals surface area contributed by atoms with E-state index in [9.17, 15) is 0 Å². The third-order valence-corrected chi connectivity index (χ3v) is 10.8. The summed E-state index contributed by atoms with van der Waals surface area (Å²) in [5, 5.41) is 7.47. The van der Waals surface area contributed by atoms with Crippen molar-refractivity contribution in [1.29, 1.82) is 0 Å². The van der Waals surface area contributed by atoms with Gasteiger partial charge in [-0.1, -0.05) is 90.3 Å². The fourth-order valence-electron chi connectivity index (χ4n) is 8.18. The van der Waals surface area contributed by atoms with E-state index in [4.69, 9.17) is 14.8 Å². The second-order valence-electron chi connectivity index (χ2n) is 15.2. The van der Waals surface area contributed by atoms with E-state index in [0.29, 0.717) is 29.3 Å². The van der Waals surface area contributed by atoms with Crippen molar-refractivity contribution in [3.8, 4) is 23.0 Å². The Kier molecular flexibility index (Phi) is 10.5. The number of allylic oxidation sites excluding steroid dienone is 2. The first-order valence-corrected chi connectivity index (χ1v) is 18.4. The molecule has 0 spiro atoms. The van der Waals surface area contributed by atoms with Crippen molar-refractivity contribution in [2.24, 2.45) is 11.8 Å². The van der Waals surface area contributed by atoms with E-state index in [1.807, 2.05) is 12.3 Å². The topological polar surface area (TPSA) is 44.9 Å². The molecule has 0 radical (unpaired) electrons. The molecule has 1 unspecified atom stereocenters. The SMILES string of the molecule is CCC1=C[C@H](C)C[C@H](CC)C1c1c(C)nn(-c2[c-]c(Oc3[c-]c4c(cc3)c3ccccc3n4-c3cc(CC)ccn3)cc(C(C)(C)C)c2)c1C.[Pt+2]. The third kappa shape index (κ3) is 6.87. The number of aryl methyl sites for hydroxylation is 2. The Labute approximate surface area is 318 Å². The first kappa shape index (κ1) is 36.8. The predicted molar refractivity (Wildman–Crippen MR) is 206 cm³/mol. The van der Waals surface area contributed by atoms with Gasteiger partial charge in [-0.15, -0.1) is 41.3 Å². The molecule has 0 aliphatic heterocycles. The Hall–Kier alpha value is -3.95. The molecule has 0 N–H and O–H groups in total. The molecule has 3 aromatic heterocycles. The van der Waals surface area contributed by atoms with Crippen molar-refractivity contribution in [2.45, 2.75) is 99.3 Å². The van der Waals surface area contributed by atoms with Crippen LogP contribution < -0.4 is 4.74 Å². The molecule has 3 atom stereocenters. The number of ether oxygens (including phenoxy) is 1. The molecule has 3 heterocycles. The third-order valence-electron chi connectivity index (χ3n) is 10.8. The van der Waals surface area contributed by atoms with Crippen LogP contribution in [-0.2, 0) is 32.9 Å². The molecule has 6 aromatic rings. The van der Waals surface area contributed by atoms with Crippen LogP contribution in [0.1, 0.15) is 102 Å². The van der Waals surface area contributed by atoms with Crippen molar-refractivity contribution >= 4 is 21.8 Å². The van der Waals surface area contributed by atoms with E-state index in [1.54, 1.807) is 5.57 Å². The summed E-state index contributed by atoms with van der Waals surface area (Å²) in [6.07, 6.45) is 8.82. The number of nitrogens with zero attached hydrogens (tertiary/aromatic N) is 4. The minimum atomic E-state index is -0.109. The van der Waals surface area contributed by atoms with E-state index in [2.05, 4.69) is 144 Å². The first-order valence-electron chi connectivity index (χ1n) is 18.4. The molecular weight excluding hydrogens is 808 g/mol. The summed E-state index contributed by atoms with van der Waals surface area (Å²) >= 11 is 0. The van der Waals surface area contributed by atoms with Gasteiger partial charge in [0.2, 0.25) is 0 Å². The molecule has 5 nitrogen and oxygen atoms in total. The Balaban J connectivity index is 0.00000448. The predicted octanol–water partition coefficient (Wildman–Crippen LogP) is 11.7.